The Balaban J connectivity index is 1.39. The van der Waals surface area contributed by atoms with E-state index in [4.69, 9.17) is 0 Å². The van der Waals surface area contributed by atoms with Gasteiger partial charge in [-0.25, -0.2) is 9.29 Å². The number of rotatable bonds is 6. The molecule has 7 heteroatoms. The van der Waals surface area contributed by atoms with Crippen LogP contribution in [0.3, 0.4) is 0 Å². The second-order valence-corrected chi connectivity index (χ2v) is 8.18. The number of para-hydroxylation sites is 1. The molecule has 2 aliphatic rings. The zero-order valence-electron chi connectivity index (χ0n) is 16.9. The Kier molecular flexibility index (Phi) is 4.81. The summed E-state index contributed by atoms with van der Waals surface area (Å²) >= 11 is 0. The van der Waals surface area contributed by atoms with Crippen molar-refractivity contribution in [3.8, 4) is 0 Å². The van der Waals surface area contributed by atoms with E-state index in [1.165, 1.54) is 24.3 Å². The fourth-order valence-electron chi connectivity index (χ4n) is 4.28. The van der Waals surface area contributed by atoms with Crippen LogP contribution in [0.2, 0.25) is 0 Å². The van der Waals surface area contributed by atoms with Gasteiger partial charge in [0.15, 0.2) is 0 Å². The lowest BCUT2D eigenvalue weighted by Gasteiger charge is -2.28. The summed E-state index contributed by atoms with van der Waals surface area (Å²) in [6, 6.07) is 12.4. The van der Waals surface area contributed by atoms with E-state index in [2.05, 4.69) is 4.98 Å². The summed E-state index contributed by atoms with van der Waals surface area (Å²) in [6.45, 7) is 0.359. The van der Waals surface area contributed by atoms with Crippen molar-refractivity contribution in [3.63, 3.8) is 0 Å². The highest BCUT2D eigenvalue weighted by Crippen LogP contribution is 2.34. The Labute approximate surface area is 178 Å². The lowest BCUT2D eigenvalue weighted by molar-refractivity contribution is -0.139. The summed E-state index contributed by atoms with van der Waals surface area (Å²) in [7, 11) is 0. The van der Waals surface area contributed by atoms with Crippen LogP contribution in [0.4, 0.5) is 10.1 Å². The number of aromatic amines is 1. The molecule has 3 aromatic rings. The van der Waals surface area contributed by atoms with Crippen LogP contribution in [-0.2, 0) is 20.8 Å². The molecule has 1 N–H and O–H groups in total. The van der Waals surface area contributed by atoms with Gasteiger partial charge in [-0.05, 0) is 55.2 Å². The van der Waals surface area contributed by atoms with E-state index in [1.807, 2.05) is 30.5 Å². The normalized spacial score (nSPS) is 18.7. The molecule has 2 fully saturated rings. The second-order valence-electron chi connectivity index (χ2n) is 8.18. The lowest BCUT2D eigenvalue weighted by Crippen LogP contribution is -2.47. The number of fused-ring (bicyclic) bond motifs is 1. The van der Waals surface area contributed by atoms with E-state index in [1.54, 1.807) is 4.90 Å². The van der Waals surface area contributed by atoms with Gasteiger partial charge in [-0.1, -0.05) is 18.2 Å². The van der Waals surface area contributed by atoms with E-state index in [-0.39, 0.29) is 24.2 Å². The fourth-order valence-corrected chi connectivity index (χ4v) is 4.28. The number of anilines is 1. The summed E-state index contributed by atoms with van der Waals surface area (Å²) < 4.78 is 13.3. The molecule has 5 rings (SSSR count). The van der Waals surface area contributed by atoms with Gasteiger partial charge in [0.2, 0.25) is 11.8 Å². The minimum absolute atomic E-state index is 0.0530. The number of halogens is 1. The Morgan fingerprint density at radius 2 is 1.84 bits per heavy atom. The molecule has 31 heavy (non-hydrogen) atoms. The first kappa shape index (κ1) is 19.5. The van der Waals surface area contributed by atoms with E-state index in [0.717, 1.165) is 34.2 Å². The smallest absolute Gasteiger partial charge is 0.257 e. The van der Waals surface area contributed by atoms with Gasteiger partial charge in [-0.3, -0.25) is 14.4 Å². The van der Waals surface area contributed by atoms with Crippen LogP contribution in [0.25, 0.3) is 10.9 Å². The maximum absolute atomic E-state index is 13.3. The highest BCUT2D eigenvalue weighted by molar-refractivity contribution is 6.23. The number of benzene rings is 2. The van der Waals surface area contributed by atoms with Gasteiger partial charge < -0.3 is 9.88 Å². The fraction of sp³-hybridized carbons (Fsp3) is 0.292. The third-order valence-corrected chi connectivity index (χ3v) is 6.09. The number of hydrogen-bond donors (Lipinski definition) is 1. The lowest BCUT2D eigenvalue weighted by atomic mass is 10.1. The predicted octanol–water partition coefficient (Wildman–Crippen LogP) is 3.42. The van der Waals surface area contributed by atoms with Crippen molar-refractivity contribution in [1.82, 2.24) is 9.88 Å². The summed E-state index contributed by atoms with van der Waals surface area (Å²) in [4.78, 5) is 44.8. The molecule has 0 radical (unpaired) electrons. The van der Waals surface area contributed by atoms with Gasteiger partial charge in [0, 0.05) is 29.6 Å². The number of carbonyl (C=O) groups excluding carboxylic acids is 3. The van der Waals surface area contributed by atoms with Gasteiger partial charge in [-0.15, -0.1) is 0 Å². The van der Waals surface area contributed by atoms with Gasteiger partial charge >= 0.3 is 0 Å². The van der Waals surface area contributed by atoms with Crippen LogP contribution in [0, 0.1) is 11.7 Å². The predicted molar refractivity (Wildman–Crippen MR) is 114 cm³/mol. The molecule has 1 aromatic heterocycles. The Bertz CT molecular complexity index is 1170. The quantitative estimate of drug-likeness (QED) is 0.623. The topological polar surface area (TPSA) is 73.5 Å². The molecular weight excluding hydrogens is 397 g/mol. The first-order chi connectivity index (χ1) is 15.0. The van der Waals surface area contributed by atoms with Crippen molar-refractivity contribution in [2.45, 2.75) is 31.7 Å². The number of carbonyl (C=O) groups is 3. The van der Waals surface area contributed by atoms with Gasteiger partial charge in [0.05, 0.1) is 12.1 Å². The average molecular weight is 419 g/mol. The summed E-state index contributed by atoms with van der Waals surface area (Å²) in [6.07, 6.45) is 4.09. The number of nitrogens with zero attached hydrogens (tertiary/aromatic N) is 2. The number of nitrogens with one attached hydrogen (secondary N) is 1. The summed E-state index contributed by atoms with van der Waals surface area (Å²) in [5.41, 5.74) is 2.41. The van der Waals surface area contributed by atoms with Crippen molar-refractivity contribution in [1.29, 1.82) is 0 Å². The molecule has 2 heterocycles. The first-order valence-electron chi connectivity index (χ1n) is 10.5. The number of H-pyrrole nitrogens is 1. The molecule has 0 spiro atoms. The molecule has 2 aromatic carbocycles. The Morgan fingerprint density at radius 3 is 2.58 bits per heavy atom. The van der Waals surface area contributed by atoms with E-state index in [9.17, 15) is 18.8 Å². The molecule has 1 aliphatic heterocycles. The highest BCUT2D eigenvalue weighted by atomic mass is 19.1. The van der Waals surface area contributed by atoms with Crippen LogP contribution in [0.15, 0.2) is 54.7 Å². The highest BCUT2D eigenvalue weighted by Gasteiger charge is 2.46. The molecule has 158 valence electrons. The number of aromatic nitrogens is 1. The van der Waals surface area contributed by atoms with Crippen LogP contribution < -0.4 is 4.90 Å². The van der Waals surface area contributed by atoms with Gasteiger partial charge in [-0.2, -0.15) is 0 Å². The molecule has 1 unspecified atom stereocenters. The third-order valence-electron chi connectivity index (χ3n) is 6.09. The molecule has 1 saturated carbocycles. The molecule has 1 aliphatic carbocycles. The molecular formula is C24H22FN3O3. The number of hydrogen-bond acceptors (Lipinski definition) is 3. The van der Waals surface area contributed by atoms with Crippen LogP contribution >= 0.6 is 0 Å². The summed E-state index contributed by atoms with van der Waals surface area (Å²) in [5.74, 6) is -1.37. The summed E-state index contributed by atoms with van der Waals surface area (Å²) in [5, 5.41) is 1.09. The Hall–Kier alpha value is -3.48. The maximum Gasteiger partial charge on any atom is 0.257 e. The zero-order chi connectivity index (χ0) is 21.5. The van der Waals surface area contributed by atoms with E-state index < -0.39 is 17.8 Å². The van der Waals surface area contributed by atoms with Crippen LogP contribution in [0.1, 0.15) is 24.8 Å². The van der Waals surface area contributed by atoms with Gasteiger partial charge in [0.25, 0.3) is 5.91 Å². The number of imide groups is 1. The number of amides is 3. The molecule has 1 atom stereocenters. The van der Waals surface area contributed by atoms with Gasteiger partial charge in [0.1, 0.15) is 11.9 Å². The van der Waals surface area contributed by atoms with Crippen molar-refractivity contribution in [2.75, 3.05) is 11.4 Å². The average Bonchev–Trinajstić information content (AvgIpc) is 3.48. The molecule has 6 nitrogen and oxygen atoms in total. The maximum atomic E-state index is 13.3. The van der Waals surface area contributed by atoms with Crippen LogP contribution in [0.5, 0.6) is 0 Å². The monoisotopic (exact) mass is 419 g/mol. The minimum atomic E-state index is -0.823. The minimum Gasteiger partial charge on any atom is -0.361 e. The third kappa shape index (κ3) is 3.60. The molecule has 0 bridgehead atoms. The first-order valence-corrected chi connectivity index (χ1v) is 10.5. The van der Waals surface area contributed by atoms with E-state index in [0.29, 0.717) is 18.7 Å². The SMILES string of the molecule is O=C1CC(N(CCc2c[nH]c3ccccc23)C(=O)C2CC2)C(=O)N1c1ccc(F)cc1. The zero-order valence-corrected chi connectivity index (χ0v) is 16.9. The second kappa shape index (κ2) is 7.65. The Morgan fingerprint density at radius 1 is 1.10 bits per heavy atom. The molecule has 3 amide bonds. The van der Waals surface area contributed by atoms with Crippen molar-refractivity contribution in [2.24, 2.45) is 5.92 Å². The van der Waals surface area contributed by atoms with Crippen molar-refractivity contribution in [3.05, 3.63) is 66.1 Å². The van der Waals surface area contributed by atoms with Crippen molar-refractivity contribution >= 4 is 34.3 Å². The largest absolute Gasteiger partial charge is 0.361 e. The molecule has 1 saturated heterocycles. The van der Waals surface area contributed by atoms with Crippen molar-refractivity contribution < 1.29 is 18.8 Å². The van der Waals surface area contributed by atoms with E-state index >= 15 is 0 Å². The van der Waals surface area contributed by atoms with Crippen LogP contribution in [-0.4, -0.2) is 40.2 Å². The standard InChI is InChI=1S/C24H22FN3O3/c25-17-7-9-18(10-8-17)28-22(29)13-21(24(28)31)27(23(30)15-5-6-15)12-11-16-14-26-20-4-2-1-3-19(16)20/h1-4,7-10,14-15,21,26H,5-6,11-13H2.